The summed E-state index contributed by atoms with van der Waals surface area (Å²) >= 11 is 6.29. The Kier molecular flexibility index (Phi) is 4.83. The van der Waals surface area contributed by atoms with E-state index < -0.39 is 24.5 Å². The average molecular weight is 438 g/mol. The summed E-state index contributed by atoms with van der Waals surface area (Å²) in [5.74, 6) is -0.0839. The fourth-order valence-electron chi connectivity index (χ4n) is 3.55. The number of esters is 1. The second-order valence-electron chi connectivity index (χ2n) is 6.93. The molecular formula is C22H16ClN3O5. The normalized spacial score (nSPS) is 16.0. The van der Waals surface area contributed by atoms with Crippen LogP contribution in [0, 0.1) is 0 Å². The molecule has 0 saturated carbocycles. The Hall–Kier alpha value is -3.78. The number of hydrogen-bond donors (Lipinski definition) is 1. The Morgan fingerprint density at radius 2 is 1.94 bits per heavy atom. The number of para-hydroxylation sites is 1. The zero-order valence-corrected chi connectivity index (χ0v) is 16.8. The van der Waals surface area contributed by atoms with Crippen molar-refractivity contribution in [1.82, 2.24) is 9.99 Å². The number of carbonyl (C=O) groups is 2. The maximum atomic E-state index is 12.9. The van der Waals surface area contributed by atoms with Gasteiger partial charge in [0.2, 0.25) is 0 Å². The second-order valence-corrected chi connectivity index (χ2v) is 7.31. The summed E-state index contributed by atoms with van der Waals surface area (Å²) in [4.78, 5) is 28.4. The van der Waals surface area contributed by atoms with E-state index in [0.29, 0.717) is 34.6 Å². The third-order valence-electron chi connectivity index (χ3n) is 5.02. The van der Waals surface area contributed by atoms with Gasteiger partial charge in [0.25, 0.3) is 5.91 Å². The Balaban J connectivity index is 1.34. The number of amides is 1. The number of ether oxygens (including phenoxy) is 1. The molecule has 0 bridgehead atoms. The molecule has 8 nitrogen and oxygen atoms in total. The Bertz CT molecular complexity index is 1270. The van der Waals surface area contributed by atoms with Crippen LogP contribution < -0.4 is 0 Å². The maximum Gasteiger partial charge on any atom is 0.356 e. The van der Waals surface area contributed by atoms with Crippen molar-refractivity contribution in [2.24, 2.45) is 5.10 Å². The van der Waals surface area contributed by atoms with Gasteiger partial charge in [-0.2, -0.15) is 5.10 Å². The third kappa shape index (κ3) is 3.51. The Morgan fingerprint density at radius 3 is 2.68 bits per heavy atom. The van der Waals surface area contributed by atoms with Crippen molar-refractivity contribution in [3.63, 3.8) is 0 Å². The lowest BCUT2D eigenvalue weighted by atomic mass is 10.1. The van der Waals surface area contributed by atoms with E-state index in [1.54, 1.807) is 36.4 Å². The number of hydrazone groups is 1. The molecule has 4 aromatic rings. The summed E-state index contributed by atoms with van der Waals surface area (Å²) < 4.78 is 16.1. The minimum atomic E-state index is -0.724. The number of nitrogens with zero attached hydrogens (tertiary/aromatic N) is 2. The van der Waals surface area contributed by atoms with Gasteiger partial charge in [-0.05, 0) is 30.3 Å². The summed E-state index contributed by atoms with van der Waals surface area (Å²) in [6.45, 7) is -0.503. The van der Waals surface area contributed by atoms with E-state index in [4.69, 9.17) is 25.2 Å². The number of benzene rings is 1. The van der Waals surface area contributed by atoms with E-state index in [1.807, 2.05) is 12.1 Å². The van der Waals surface area contributed by atoms with Gasteiger partial charge in [-0.1, -0.05) is 29.8 Å². The first-order valence-electron chi connectivity index (χ1n) is 9.52. The number of aromatic nitrogens is 1. The van der Waals surface area contributed by atoms with Crippen molar-refractivity contribution in [1.29, 1.82) is 0 Å². The summed E-state index contributed by atoms with van der Waals surface area (Å²) in [6, 6.07) is 13.8. The summed E-state index contributed by atoms with van der Waals surface area (Å²) in [7, 11) is 0. The lowest BCUT2D eigenvalue weighted by Crippen LogP contribution is -2.31. The molecule has 0 fully saturated rings. The number of H-pyrrole nitrogens is 1. The molecule has 156 valence electrons. The van der Waals surface area contributed by atoms with E-state index in [-0.39, 0.29) is 10.7 Å². The number of hydrogen-bond acceptors (Lipinski definition) is 6. The highest BCUT2D eigenvalue weighted by molar-refractivity contribution is 6.38. The smallest absolute Gasteiger partial charge is 0.356 e. The molecule has 1 aliphatic heterocycles. The molecule has 1 atom stereocenters. The van der Waals surface area contributed by atoms with Crippen molar-refractivity contribution in [2.45, 2.75) is 12.5 Å². The molecule has 4 heterocycles. The predicted octanol–water partition coefficient (Wildman–Crippen LogP) is 4.54. The van der Waals surface area contributed by atoms with Gasteiger partial charge in [-0.25, -0.2) is 9.80 Å². The van der Waals surface area contributed by atoms with Crippen LogP contribution in [0.5, 0.6) is 0 Å². The number of carbonyl (C=O) groups excluding carboxylic acids is 2. The molecule has 1 unspecified atom stereocenters. The van der Waals surface area contributed by atoms with Crippen molar-refractivity contribution in [2.75, 3.05) is 6.61 Å². The van der Waals surface area contributed by atoms with E-state index in [2.05, 4.69) is 10.1 Å². The molecule has 0 saturated heterocycles. The minimum absolute atomic E-state index is 0.0967. The van der Waals surface area contributed by atoms with Crippen LogP contribution in [0.15, 0.2) is 75.0 Å². The van der Waals surface area contributed by atoms with Crippen molar-refractivity contribution < 1.29 is 23.2 Å². The van der Waals surface area contributed by atoms with E-state index in [0.717, 1.165) is 0 Å². The molecule has 0 radical (unpaired) electrons. The first-order chi connectivity index (χ1) is 15.1. The van der Waals surface area contributed by atoms with Crippen LogP contribution in [0.1, 0.15) is 34.5 Å². The highest BCUT2D eigenvalue weighted by atomic mass is 35.5. The van der Waals surface area contributed by atoms with Crippen molar-refractivity contribution >= 4 is 40.1 Å². The summed E-state index contributed by atoms with van der Waals surface area (Å²) in [5, 5.41) is 6.61. The van der Waals surface area contributed by atoms with Crippen LogP contribution in [-0.4, -0.2) is 34.2 Å². The number of rotatable bonds is 5. The third-order valence-corrected chi connectivity index (χ3v) is 5.41. The number of fused-ring (bicyclic) bond motifs is 1. The average Bonchev–Trinajstić information content (AvgIpc) is 3.58. The largest absolute Gasteiger partial charge is 0.467 e. The molecule has 1 aliphatic rings. The SMILES string of the molecule is O=C(OCC(=O)N1N=C(c2ccco2)CC1c1ccco1)c1[nH]c2ccccc2c1Cl. The van der Waals surface area contributed by atoms with Gasteiger partial charge in [0.05, 0.1) is 17.5 Å². The molecule has 0 spiro atoms. The van der Waals surface area contributed by atoms with E-state index >= 15 is 0 Å². The van der Waals surface area contributed by atoms with Gasteiger partial charge in [0, 0.05) is 17.3 Å². The number of halogens is 1. The van der Waals surface area contributed by atoms with Crippen LogP contribution in [-0.2, 0) is 9.53 Å². The molecule has 3 aromatic heterocycles. The lowest BCUT2D eigenvalue weighted by molar-refractivity contribution is -0.136. The fourth-order valence-corrected chi connectivity index (χ4v) is 3.84. The molecular weight excluding hydrogens is 422 g/mol. The highest BCUT2D eigenvalue weighted by Crippen LogP contribution is 2.33. The highest BCUT2D eigenvalue weighted by Gasteiger charge is 2.36. The molecule has 0 aliphatic carbocycles. The van der Waals surface area contributed by atoms with Gasteiger partial charge >= 0.3 is 5.97 Å². The Labute approximate surface area is 181 Å². The fraction of sp³-hybridized carbons (Fsp3) is 0.136. The zero-order chi connectivity index (χ0) is 21.4. The van der Waals surface area contributed by atoms with Gasteiger partial charge < -0.3 is 18.6 Å². The standard InChI is InChI=1S/C22H16ClN3O5/c23-20-13-5-1-2-6-14(13)24-21(20)22(28)31-12-19(27)26-16(18-8-4-10-30-18)11-15(25-26)17-7-3-9-29-17/h1-10,16,24H,11-12H2. The van der Waals surface area contributed by atoms with Gasteiger partial charge in [-0.3, -0.25) is 4.79 Å². The van der Waals surface area contributed by atoms with Crippen LogP contribution in [0.2, 0.25) is 5.02 Å². The van der Waals surface area contributed by atoms with Gasteiger partial charge in [0.1, 0.15) is 29.0 Å². The van der Waals surface area contributed by atoms with Crippen LogP contribution in [0.4, 0.5) is 0 Å². The van der Waals surface area contributed by atoms with E-state index in [9.17, 15) is 9.59 Å². The van der Waals surface area contributed by atoms with Gasteiger partial charge in [-0.15, -0.1) is 0 Å². The quantitative estimate of drug-likeness (QED) is 0.462. The second kappa shape index (κ2) is 7.81. The molecule has 1 N–H and O–H groups in total. The number of furan rings is 2. The topological polar surface area (TPSA) is 101 Å². The summed E-state index contributed by atoms with van der Waals surface area (Å²) in [6.07, 6.45) is 3.48. The molecule has 31 heavy (non-hydrogen) atoms. The predicted molar refractivity (Wildman–Crippen MR) is 112 cm³/mol. The van der Waals surface area contributed by atoms with Crippen molar-refractivity contribution in [3.05, 3.63) is 83.3 Å². The van der Waals surface area contributed by atoms with Crippen LogP contribution >= 0.6 is 11.6 Å². The summed E-state index contributed by atoms with van der Waals surface area (Å²) in [5.41, 5.74) is 1.40. The monoisotopic (exact) mass is 437 g/mol. The molecule has 5 rings (SSSR count). The zero-order valence-electron chi connectivity index (χ0n) is 16.1. The first kappa shape index (κ1) is 19.2. The maximum absolute atomic E-state index is 12.9. The van der Waals surface area contributed by atoms with Crippen LogP contribution in [0.3, 0.4) is 0 Å². The molecule has 9 heteroatoms. The van der Waals surface area contributed by atoms with Crippen LogP contribution in [0.25, 0.3) is 10.9 Å². The molecule has 1 aromatic carbocycles. The lowest BCUT2D eigenvalue weighted by Gasteiger charge is -2.19. The number of nitrogens with one attached hydrogen (secondary N) is 1. The first-order valence-corrected chi connectivity index (χ1v) is 9.90. The molecule has 1 amide bonds. The van der Waals surface area contributed by atoms with Crippen molar-refractivity contribution in [3.8, 4) is 0 Å². The van der Waals surface area contributed by atoms with Gasteiger partial charge in [0.15, 0.2) is 6.61 Å². The van der Waals surface area contributed by atoms with E-state index in [1.165, 1.54) is 17.5 Å². The Morgan fingerprint density at radius 1 is 1.13 bits per heavy atom. The number of aromatic amines is 1. The minimum Gasteiger partial charge on any atom is -0.467 e.